The first-order valence-corrected chi connectivity index (χ1v) is 7.06. The molecule has 1 aromatic rings. The van der Waals surface area contributed by atoms with Crippen molar-refractivity contribution in [3.05, 3.63) is 28.8 Å². The van der Waals surface area contributed by atoms with Gasteiger partial charge in [-0.2, -0.15) is 0 Å². The molecule has 1 unspecified atom stereocenters. The van der Waals surface area contributed by atoms with Crippen LogP contribution in [-0.4, -0.2) is 29.1 Å². The molecule has 2 N–H and O–H groups in total. The molecule has 0 saturated heterocycles. The van der Waals surface area contributed by atoms with Crippen molar-refractivity contribution < 1.29 is 19.4 Å². The molecular formula is C15H20ClNO4. The second kappa shape index (κ2) is 7.31. The van der Waals surface area contributed by atoms with Gasteiger partial charge in [0.1, 0.15) is 11.8 Å². The maximum Gasteiger partial charge on any atom is 0.326 e. The zero-order valence-corrected chi connectivity index (χ0v) is 13.3. The molecule has 0 saturated carbocycles. The third kappa shape index (κ3) is 4.93. The number of hydrogen-bond donors (Lipinski definition) is 2. The molecule has 0 radical (unpaired) electrons. The van der Waals surface area contributed by atoms with Crippen molar-refractivity contribution in [2.75, 3.05) is 0 Å². The Labute approximate surface area is 129 Å². The minimum Gasteiger partial charge on any atom is -0.480 e. The molecule has 1 aromatic carbocycles. The summed E-state index contributed by atoms with van der Waals surface area (Å²) in [7, 11) is 0. The van der Waals surface area contributed by atoms with E-state index in [1.54, 1.807) is 32.9 Å². The molecule has 21 heavy (non-hydrogen) atoms. The van der Waals surface area contributed by atoms with Crippen LogP contribution in [0.2, 0.25) is 5.02 Å². The average Bonchev–Trinajstić information content (AvgIpc) is 2.38. The van der Waals surface area contributed by atoms with Crippen LogP contribution in [0.3, 0.4) is 0 Å². The Kier molecular flexibility index (Phi) is 6.03. The minimum atomic E-state index is -1.07. The van der Waals surface area contributed by atoms with Gasteiger partial charge in [-0.25, -0.2) is 4.79 Å². The Morgan fingerprint density at radius 2 is 1.90 bits per heavy atom. The molecular weight excluding hydrogens is 294 g/mol. The van der Waals surface area contributed by atoms with Crippen LogP contribution in [0.5, 0.6) is 5.75 Å². The van der Waals surface area contributed by atoms with Crippen molar-refractivity contribution in [1.29, 1.82) is 0 Å². The normalized spacial score (nSPS) is 13.6. The second-order valence-electron chi connectivity index (χ2n) is 5.26. The number of carboxylic acids is 1. The van der Waals surface area contributed by atoms with E-state index < -0.39 is 24.0 Å². The molecule has 0 aliphatic carbocycles. The van der Waals surface area contributed by atoms with Gasteiger partial charge in [0.25, 0.3) is 5.91 Å². The van der Waals surface area contributed by atoms with Crippen LogP contribution in [0.1, 0.15) is 26.3 Å². The number of carboxylic acid groups (broad SMARTS) is 1. The number of rotatable bonds is 6. The van der Waals surface area contributed by atoms with Crippen LogP contribution in [-0.2, 0) is 9.59 Å². The van der Waals surface area contributed by atoms with E-state index in [-0.39, 0.29) is 5.92 Å². The topological polar surface area (TPSA) is 75.6 Å². The highest BCUT2D eigenvalue weighted by Gasteiger charge is 2.26. The Hall–Kier alpha value is -1.75. The van der Waals surface area contributed by atoms with E-state index >= 15 is 0 Å². The predicted octanol–water partition coefficient (Wildman–Crippen LogP) is 2.64. The molecule has 0 spiro atoms. The van der Waals surface area contributed by atoms with E-state index in [0.717, 1.165) is 5.56 Å². The first-order valence-electron chi connectivity index (χ1n) is 6.68. The second-order valence-corrected chi connectivity index (χ2v) is 5.67. The highest BCUT2D eigenvalue weighted by atomic mass is 35.5. The van der Waals surface area contributed by atoms with Gasteiger partial charge in [0.15, 0.2) is 6.10 Å². The highest BCUT2D eigenvalue weighted by Crippen LogP contribution is 2.26. The SMILES string of the molecule is Cc1ccc(Cl)c(OC(C)C(=O)N[C@@H](C(=O)O)C(C)C)c1. The lowest BCUT2D eigenvalue weighted by Gasteiger charge is -2.21. The minimum absolute atomic E-state index is 0.221. The first kappa shape index (κ1) is 17.3. The van der Waals surface area contributed by atoms with Crippen molar-refractivity contribution in [3.63, 3.8) is 0 Å². The van der Waals surface area contributed by atoms with E-state index in [1.807, 2.05) is 13.0 Å². The van der Waals surface area contributed by atoms with Crippen LogP contribution in [0, 0.1) is 12.8 Å². The summed E-state index contributed by atoms with van der Waals surface area (Å²) in [6.45, 7) is 6.88. The van der Waals surface area contributed by atoms with Gasteiger partial charge in [-0.3, -0.25) is 4.79 Å². The van der Waals surface area contributed by atoms with E-state index in [0.29, 0.717) is 10.8 Å². The lowest BCUT2D eigenvalue weighted by Crippen LogP contribution is -2.48. The summed E-state index contributed by atoms with van der Waals surface area (Å²) in [5, 5.41) is 11.9. The van der Waals surface area contributed by atoms with Crippen molar-refractivity contribution >= 4 is 23.5 Å². The molecule has 0 fully saturated rings. The number of aryl methyl sites for hydroxylation is 1. The fourth-order valence-electron chi connectivity index (χ4n) is 1.73. The summed E-state index contributed by atoms with van der Waals surface area (Å²) < 4.78 is 5.51. The number of aliphatic carboxylic acids is 1. The van der Waals surface area contributed by atoms with Crippen molar-refractivity contribution in [2.24, 2.45) is 5.92 Å². The standard InChI is InChI=1S/C15H20ClNO4/c1-8(2)13(15(19)20)17-14(18)10(4)21-12-7-9(3)5-6-11(12)16/h5-8,10,13H,1-4H3,(H,17,18)(H,19,20)/t10?,13-/m1/s1. The third-order valence-corrected chi connectivity index (χ3v) is 3.30. The van der Waals surface area contributed by atoms with Gasteiger partial charge in [-0.15, -0.1) is 0 Å². The van der Waals surface area contributed by atoms with Gasteiger partial charge in [0, 0.05) is 0 Å². The van der Waals surface area contributed by atoms with E-state index in [9.17, 15) is 9.59 Å². The highest BCUT2D eigenvalue weighted by molar-refractivity contribution is 6.32. The molecule has 0 aromatic heterocycles. The summed E-state index contributed by atoms with van der Waals surface area (Å²) in [6.07, 6.45) is -0.843. The van der Waals surface area contributed by atoms with Crippen molar-refractivity contribution in [1.82, 2.24) is 5.32 Å². The van der Waals surface area contributed by atoms with Gasteiger partial charge < -0.3 is 15.2 Å². The Morgan fingerprint density at radius 3 is 2.43 bits per heavy atom. The quantitative estimate of drug-likeness (QED) is 0.846. The lowest BCUT2D eigenvalue weighted by molar-refractivity contribution is -0.144. The van der Waals surface area contributed by atoms with E-state index in [1.165, 1.54) is 0 Å². The fraction of sp³-hybridized carbons (Fsp3) is 0.467. The smallest absolute Gasteiger partial charge is 0.326 e. The van der Waals surface area contributed by atoms with Crippen LogP contribution < -0.4 is 10.1 Å². The number of amides is 1. The zero-order valence-electron chi connectivity index (χ0n) is 12.5. The number of ether oxygens (including phenoxy) is 1. The Balaban J connectivity index is 2.74. The van der Waals surface area contributed by atoms with Crippen molar-refractivity contribution in [2.45, 2.75) is 39.8 Å². The van der Waals surface area contributed by atoms with Gasteiger partial charge in [0.05, 0.1) is 5.02 Å². The number of hydrogen-bond acceptors (Lipinski definition) is 3. The largest absolute Gasteiger partial charge is 0.480 e. The fourth-order valence-corrected chi connectivity index (χ4v) is 1.89. The maximum atomic E-state index is 12.0. The zero-order chi connectivity index (χ0) is 16.2. The van der Waals surface area contributed by atoms with Gasteiger partial charge in [0.2, 0.25) is 0 Å². The molecule has 5 nitrogen and oxygen atoms in total. The summed E-state index contributed by atoms with van der Waals surface area (Å²) in [4.78, 5) is 23.1. The molecule has 1 rings (SSSR count). The number of halogens is 1. The predicted molar refractivity (Wildman–Crippen MR) is 80.7 cm³/mol. The third-order valence-electron chi connectivity index (χ3n) is 2.99. The molecule has 0 aliphatic heterocycles. The van der Waals surface area contributed by atoms with Crippen LogP contribution in [0.25, 0.3) is 0 Å². The number of carbonyl (C=O) groups is 2. The van der Waals surface area contributed by atoms with Gasteiger partial charge in [-0.1, -0.05) is 31.5 Å². The first-order chi connectivity index (χ1) is 9.72. The van der Waals surface area contributed by atoms with Crippen LogP contribution in [0.4, 0.5) is 0 Å². The molecule has 2 atom stereocenters. The van der Waals surface area contributed by atoms with Crippen LogP contribution >= 0.6 is 11.6 Å². The molecule has 1 amide bonds. The molecule has 0 aliphatic rings. The van der Waals surface area contributed by atoms with Crippen LogP contribution in [0.15, 0.2) is 18.2 Å². The monoisotopic (exact) mass is 313 g/mol. The number of benzene rings is 1. The van der Waals surface area contributed by atoms with Crippen molar-refractivity contribution in [3.8, 4) is 5.75 Å². The van der Waals surface area contributed by atoms with E-state index in [2.05, 4.69) is 5.32 Å². The molecule has 116 valence electrons. The lowest BCUT2D eigenvalue weighted by atomic mass is 10.0. The molecule has 0 heterocycles. The maximum absolute atomic E-state index is 12.0. The number of nitrogens with one attached hydrogen (secondary N) is 1. The Bertz CT molecular complexity index is 530. The summed E-state index contributed by atoms with van der Waals surface area (Å²) in [5.41, 5.74) is 0.951. The number of carbonyl (C=O) groups excluding carboxylic acids is 1. The summed E-state index contributed by atoms with van der Waals surface area (Å²) in [5.74, 6) is -1.38. The van der Waals surface area contributed by atoms with Gasteiger partial charge in [-0.05, 0) is 37.5 Å². The Morgan fingerprint density at radius 1 is 1.29 bits per heavy atom. The van der Waals surface area contributed by atoms with Gasteiger partial charge >= 0.3 is 5.97 Å². The summed E-state index contributed by atoms with van der Waals surface area (Å²) >= 11 is 6.00. The molecule has 0 bridgehead atoms. The molecule has 6 heteroatoms. The van der Waals surface area contributed by atoms with E-state index in [4.69, 9.17) is 21.4 Å². The average molecular weight is 314 g/mol. The summed E-state index contributed by atoms with van der Waals surface area (Å²) in [6, 6.07) is 4.30.